The third-order valence-electron chi connectivity index (χ3n) is 3.28. The van der Waals surface area contributed by atoms with Crippen LogP contribution in [0.4, 0.5) is 4.39 Å². The molecule has 6 heteroatoms. The number of hydrogen-bond donors (Lipinski definition) is 2. The van der Waals surface area contributed by atoms with Gasteiger partial charge in [0, 0.05) is 39.1 Å². The Labute approximate surface area is 138 Å². The lowest BCUT2D eigenvalue weighted by Crippen LogP contribution is -2.43. The maximum Gasteiger partial charge on any atom is 0.225 e. The number of nitrogens with one attached hydrogen (secondary N) is 2. The smallest absolute Gasteiger partial charge is 0.225 e. The quantitative estimate of drug-likeness (QED) is 0.495. The van der Waals surface area contributed by atoms with Gasteiger partial charge in [-0.1, -0.05) is 32.9 Å². The molecule has 1 amide bonds. The highest BCUT2D eigenvalue weighted by Crippen LogP contribution is 2.11. The van der Waals surface area contributed by atoms with Crippen LogP contribution in [0.2, 0.25) is 0 Å². The van der Waals surface area contributed by atoms with Crippen LogP contribution < -0.4 is 10.6 Å². The maximum atomic E-state index is 12.9. The zero-order chi connectivity index (χ0) is 17.5. The Kier molecular flexibility index (Phi) is 7.00. The van der Waals surface area contributed by atoms with E-state index >= 15 is 0 Å². The van der Waals surface area contributed by atoms with Gasteiger partial charge >= 0.3 is 0 Å². The Hall–Kier alpha value is -2.11. The normalized spacial score (nSPS) is 12.0. The molecule has 2 N–H and O–H groups in total. The number of carbonyl (C=O) groups excluding carboxylic acids is 1. The first-order valence-corrected chi connectivity index (χ1v) is 7.68. The first-order chi connectivity index (χ1) is 10.7. The molecule has 0 spiro atoms. The van der Waals surface area contributed by atoms with Crippen LogP contribution in [0.3, 0.4) is 0 Å². The van der Waals surface area contributed by atoms with Crippen molar-refractivity contribution in [1.82, 2.24) is 15.5 Å². The van der Waals surface area contributed by atoms with Gasteiger partial charge in [0.1, 0.15) is 5.82 Å². The molecule has 1 aromatic carbocycles. The molecule has 0 aliphatic heterocycles. The first-order valence-electron chi connectivity index (χ1n) is 7.68. The van der Waals surface area contributed by atoms with Gasteiger partial charge in [0.05, 0.1) is 0 Å². The van der Waals surface area contributed by atoms with Crippen LogP contribution in [0.25, 0.3) is 0 Å². The Balaban J connectivity index is 2.41. The largest absolute Gasteiger partial charge is 0.354 e. The molecule has 0 fully saturated rings. The topological polar surface area (TPSA) is 56.7 Å². The molecule has 0 saturated carbocycles. The van der Waals surface area contributed by atoms with E-state index < -0.39 is 0 Å². The predicted octanol–water partition coefficient (Wildman–Crippen LogP) is 2.00. The summed E-state index contributed by atoms with van der Waals surface area (Å²) in [5, 5.41) is 6.08. The SMILES string of the molecule is CN=C(NCCNC(=O)C(C)(C)C)N(C)Cc1ccc(F)cc1. The van der Waals surface area contributed by atoms with Crippen molar-refractivity contribution in [3.05, 3.63) is 35.6 Å². The third kappa shape index (κ3) is 6.67. The number of aliphatic imine (C=N–C) groups is 1. The van der Waals surface area contributed by atoms with Crippen LogP contribution in [0.1, 0.15) is 26.3 Å². The molecule has 0 bridgehead atoms. The molecule has 0 saturated heterocycles. The number of rotatable bonds is 5. The highest BCUT2D eigenvalue weighted by Gasteiger charge is 2.20. The van der Waals surface area contributed by atoms with E-state index in [1.165, 1.54) is 12.1 Å². The molecule has 128 valence electrons. The predicted molar refractivity (Wildman–Crippen MR) is 91.7 cm³/mol. The fourth-order valence-corrected chi connectivity index (χ4v) is 1.94. The molecular weight excluding hydrogens is 295 g/mol. The lowest BCUT2D eigenvalue weighted by molar-refractivity contribution is -0.128. The van der Waals surface area contributed by atoms with Crippen molar-refractivity contribution in [2.24, 2.45) is 10.4 Å². The van der Waals surface area contributed by atoms with Crippen molar-refractivity contribution in [3.8, 4) is 0 Å². The third-order valence-corrected chi connectivity index (χ3v) is 3.28. The number of amides is 1. The summed E-state index contributed by atoms with van der Waals surface area (Å²) in [5.74, 6) is 0.502. The first kappa shape index (κ1) is 18.9. The van der Waals surface area contributed by atoms with Gasteiger partial charge in [0.15, 0.2) is 5.96 Å². The van der Waals surface area contributed by atoms with E-state index in [1.54, 1.807) is 19.2 Å². The van der Waals surface area contributed by atoms with E-state index in [-0.39, 0.29) is 17.1 Å². The van der Waals surface area contributed by atoms with E-state index in [0.717, 1.165) is 11.5 Å². The van der Waals surface area contributed by atoms with Crippen LogP contribution in [-0.4, -0.2) is 44.0 Å². The van der Waals surface area contributed by atoms with E-state index in [1.807, 2.05) is 32.7 Å². The number of guanidine groups is 1. The Morgan fingerprint density at radius 2 is 1.74 bits per heavy atom. The summed E-state index contributed by atoms with van der Waals surface area (Å²) < 4.78 is 12.9. The minimum absolute atomic E-state index is 0.0222. The molecular formula is C17H27FN4O. The van der Waals surface area contributed by atoms with Gasteiger partial charge in [0.2, 0.25) is 5.91 Å². The summed E-state index contributed by atoms with van der Waals surface area (Å²) in [6, 6.07) is 6.40. The summed E-state index contributed by atoms with van der Waals surface area (Å²) in [7, 11) is 3.61. The average molecular weight is 322 g/mol. The molecule has 0 atom stereocenters. The lowest BCUT2D eigenvalue weighted by atomic mass is 9.96. The fraction of sp³-hybridized carbons (Fsp3) is 0.529. The van der Waals surface area contributed by atoms with Gasteiger partial charge < -0.3 is 15.5 Å². The van der Waals surface area contributed by atoms with Crippen LogP contribution in [0.15, 0.2) is 29.3 Å². The van der Waals surface area contributed by atoms with Crippen LogP contribution >= 0.6 is 0 Å². The van der Waals surface area contributed by atoms with Crippen molar-refractivity contribution in [2.45, 2.75) is 27.3 Å². The van der Waals surface area contributed by atoms with Gasteiger partial charge in [-0.15, -0.1) is 0 Å². The molecule has 1 rings (SSSR count). The summed E-state index contributed by atoms with van der Waals surface area (Å²) in [6.07, 6.45) is 0. The zero-order valence-corrected chi connectivity index (χ0v) is 14.6. The molecule has 0 aliphatic rings. The number of benzene rings is 1. The molecule has 0 aliphatic carbocycles. The fourth-order valence-electron chi connectivity index (χ4n) is 1.94. The van der Waals surface area contributed by atoms with E-state index in [0.29, 0.717) is 19.6 Å². The van der Waals surface area contributed by atoms with Crippen LogP contribution in [0, 0.1) is 11.2 Å². The maximum absolute atomic E-state index is 12.9. The van der Waals surface area contributed by atoms with E-state index in [9.17, 15) is 9.18 Å². The molecule has 5 nitrogen and oxygen atoms in total. The minimum atomic E-state index is -0.388. The van der Waals surface area contributed by atoms with Crippen LogP contribution in [0.5, 0.6) is 0 Å². The van der Waals surface area contributed by atoms with Crippen molar-refractivity contribution < 1.29 is 9.18 Å². The second-order valence-corrected chi connectivity index (χ2v) is 6.46. The number of halogens is 1. The number of hydrogen-bond acceptors (Lipinski definition) is 2. The average Bonchev–Trinajstić information content (AvgIpc) is 2.48. The standard InChI is InChI=1S/C17H27FN4O/c1-17(2,3)15(23)20-10-11-21-16(19-4)22(5)12-13-6-8-14(18)9-7-13/h6-9H,10-12H2,1-5H3,(H,19,21)(H,20,23). The highest BCUT2D eigenvalue weighted by molar-refractivity contribution is 5.81. The van der Waals surface area contributed by atoms with Crippen molar-refractivity contribution in [3.63, 3.8) is 0 Å². The van der Waals surface area contributed by atoms with Gasteiger partial charge in [-0.25, -0.2) is 4.39 Å². The number of carbonyl (C=O) groups is 1. The van der Waals surface area contributed by atoms with Crippen molar-refractivity contribution in [1.29, 1.82) is 0 Å². The Morgan fingerprint density at radius 1 is 1.17 bits per heavy atom. The Morgan fingerprint density at radius 3 is 2.26 bits per heavy atom. The molecule has 0 heterocycles. The molecule has 1 aromatic rings. The molecule has 23 heavy (non-hydrogen) atoms. The summed E-state index contributed by atoms with van der Waals surface area (Å²) in [4.78, 5) is 17.9. The second kappa shape index (κ2) is 8.50. The van der Waals surface area contributed by atoms with E-state index in [2.05, 4.69) is 15.6 Å². The van der Waals surface area contributed by atoms with Crippen molar-refractivity contribution >= 4 is 11.9 Å². The lowest BCUT2D eigenvalue weighted by Gasteiger charge is -2.23. The number of nitrogens with zero attached hydrogens (tertiary/aromatic N) is 2. The zero-order valence-electron chi connectivity index (χ0n) is 14.6. The monoisotopic (exact) mass is 322 g/mol. The van der Waals surface area contributed by atoms with Gasteiger partial charge in [0.25, 0.3) is 0 Å². The second-order valence-electron chi connectivity index (χ2n) is 6.46. The van der Waals surface area contributed by atoms with Gasteiger partial charge in [-0.2, -0.15) is 0 Å². The van der Waals surface area contributed by atoms with E-state index in [4.69, 9.17) is 0 Å². The summed E-state index contributed by atoms with van der Waals surface area (Å²) in [5.41, 5.74) is 0.610. The van der Waals surface area contributed by atoms with Gasteiger partial charge in [-0.05, 0) is 17.7 Å². The summed E-state index contributed by atoms with van der Waals surface area (Å²) in [6.45, 7) is 7.37. The van der Waals surface area contributed by atoms with Crippen molar-refractivity contribution in [2.75, 3.05) is 27.2 Å². The van der Waals surface area contributed by atoms with Gasteiger partial charge in [-0.3, -0.25) is 9.79 Å². The highest BCUT2D eigenvalue weighted by atomic mass is 19.1. The summed E-state index contributed by atoms with van der Waals surface area (Å²) >= 11 is 0. The molecule has 0 unspecified atom stereocenters. The van der Waals surface area contributed by atoms with Crippen LogP contribution in [-0.2, 0) is 11.3 Å². The Bertz CT molecular complexity index is 535. The molecule has 0 radical (unpaired) electrons. The minimum Gasteiger partial charge on any atom is -0.354 e. The molecule has 0 aromatic heterocycles.